The highest BCUT2D eigenvalue weighted by Gasteiger charge is 2.31. The van der Waals surface area contributed by atoms with Gasteiger partial charge in [0, 0.05) is 19.9 Å². The molecule has 102 valence electrons. The summed E-state index contributed by atoms with van der Waals surface area (Å²) in [6.07, 6.45) is -3.75. The standard InChI is InChI=1S/C10H13ClF3N3O/c1-18-5-7(3-15)17-9-8(11)2-6(4-16-9)10(12,13)14/h2,4,7H,3,5,15H2,1H3,(H,16,17). The van der Waals surface area contributed by atoms with Gasteiger partial charge in [-0.2, -0.15) is 13.2 Å². The Labute approximate surface area is 107 Å². The smallest absolute Gasteiger partial charge is 0.383 e. The zero-order valence-electron chi connectivity index (χ0n) is 9.59. The van der Waals surface area contributed by atoms with Gasteiger partial charge in [0.1, 0.15) is 5.82 Å². The van der Waals surface area contributed by atoms with Crippen molar-refractivity contribution in [3.63, 3.8) is 0 Å². The second-order valence-electron chi connectivity index (χ2n) is 3.58. The first-order valence-electron chi connectivity index (χ1n) is 5.06. The Bertz CT molecular complexity index is 400. The molecule has 0 aliphatic rings. The quantitative estimate of drug-likeness (QED) is 0.869. The monoisotopic (exact) mass is 283 g/mol. The number of hydrogen-bond donors (Lipinski definition) is 2. The first-order valence-corrected chi connectivity index (χ1v) is 5.44. The van der Waals surface area contributed by atoms with E-state index in [9.17, 15) is 13.2 Å². The summed E-state index contributed by atoms with van der Waals surface area (Å²) in [6, 6.07) is 0.550. The molecule has 1 atom stereocenters. The maximum Gasteiger partial charge on any atom is 0.417 e. The molecular formula is C10H13ClF3N3O. The van der Waals surface area contributed by atoms with Gasteiger partial charge in [0.15, 0.2) is 0 Å². The van der Waals surface area contributed by atoms with E-state index in [0.717, 1.165) is 6.07 Å². The third kappa shape index (κ3) is 4.01. The molecule has 1 rings (SSSR count). The molecule has 0 saturated carbocycles. The van der Waals surface area contributed by atoms with Gasteiger partial charge in [-0.05, 0) is 6.07 Å². The van der Waals surface area contributed by atoms with E-state index in [1.165, 1.54) is 7.11 Å². The zero-order valence-corrected chi connectivity index (χ0v) is 10.3. The molecule has 0 aliphatic heterocycles. The average molecular weight is 284 g/mol. The fraction of sp³-hybridized carbons (Fsp3) is 0.500. The van der Waals surface area contributed by atoms with Crippen LogP contribution in [0.5, 0.6) is 0 Å². The number of nitrogens with two attached hydrogens (primary N) is 1. The number of nitrogens with one attached hydrogen (secondary N) is 1. The molecule has 0 bridgehead atoms. The lowest BCUT2D eigenvalue weighted by atomic mass is 10.2. The van der Waals surface area contributed by atoms with Gasteiger partial charge < -0.3 is 15.8 Å². The van der Waals surface area contributed by atoms with Gasteiger partial charge in [0.2, 0.25) is 0 Å². The SMILES string of the molecule is COCC(CN)Nc1ncc(C(F)(F)F)cc1Cl. The van der Waals surface area contributed by atoms with Gasteiger partial charge in [0.05, 0.1) is 23.2 Å². The summed E-state index contributed by atoms with van der Waals surface area (Å²) >= 11 is 5.73. The second-order valence-corrected chi connectivity index (χ2v) is 3.99. The van der Waals surface area contributed by atoms with Gasteiger partial charge in [-0.25, -0.2) is 4.98 Å². The minimum atomic E-state index is -4.46. The highest BCUT2D eigenvalue weighted by Crippen LogP contribution is 2.32. The molecule has 3 N–H and O–H groups in total. The molecule has 8 heteroatoms. The molecule has 1 unspecified atom stereocenters. The van der Waals surface area contributed by atoms with E-state index < -0.39 is 11.7 Å². The predicted octanol–water partition coefficient (Wildman–Crippen LogP) is 2.14. The van der Waals surface area contributed by atoms with Crippen LogP contribution in [0.3, 0.4) is 0 Å². The predicted molar refractivity (Wildman–Crippen MR) is 62.6 cm³/mol. The van der Waals surface area contributed by atoms with Crippen LogP contribution in [0.1, 0.15) is 5.56 Å². The van der Waals surface area contributed by atoms with Crippen LogP contribution in [0.4, 0.5) is 19.0 Å². The normalized spacial score (nSPS) is 13.4. The highest BCUT2D eigenvalue weighted by molar-refractivity contribution is 6.33. The number of alkyl halides is 3. The van der Waals surface area contributed by atoms with Gasteiger partial charge in [0.25, 0.3) is 0 Å². The molecule has 0 fully saturated rings. The third-order valence-electron chi connectivity index (χ3n) is 2.16. The van der Waals surface area contributed by atoms with Crippen molar-refractivity contribution < 1.29 is 17.9 Å². The number of methoxy groups -OCH3 is 1. The number of hydrogen-bond acceptors (Lipinski definition) is 4. The summed E-state index contributed by atoms with van der Waals surface area (Å²) in [7, 11) is 1.49. The summed E-state index contributed by atoms with van der Waals surface area (Å²) in [5.74, 6) is 0.150. The summed E-state index contributed by atoms with van der Waals surface area (Å²) in [5.41, 5.74) is 4.57. The molecular weight excluding hydrogens is 271 g/mol. The van der Waals surface area contributed by atoms with Crippen LogP contribution in [0.15, 0.2) is 12.3 Å². The van der Waals surface area contributed by atoms with E-state index in [-0.39, 0.29) is 23.4 Å². The fourth-order valence-electron chi connectivity index (χ4n) is 1.26. The van der Waals surface area contributed by atoms with E-state index in [0.29, 0.717) is 12.8 Å². The van der Waals surface area contributed by atoms with Crippen molar-refractivity contribution in [3.8, 4) is 0 Å². The Morgan fingerprint density at radius 2 is 2.22 bits per heavy atom. The number of nitrogens with zero attached hydrogens (tertiary/aromatic N) is 1. The number of ether oxygens (including phenoxy) is 1. The van der Waals surface area contributed by atoms with E-state index in [1.807, 2.05) is 0 Å². The molecule has 1 heterocycles. The van der Waals surface area contributed by atoms with Crippen LogP contribution >= 0.6 is 11.6 Å². The molecule has 0 amide bonds. The van der Waals surface area contributed by atoms with Gasteiger partial charge in [-0.1, -0.05) is 11.6 Å². The Kier molecular flexibility index (Phi) is 5.18. The number of pyridine rings is 1. The Morgan fingerprint density at radius 1 is 1.56 bits per heavy atom. The summed E-state index contributed by atoms with van der Waals surface area (Å²) in [5, 5.41) is 2.70. The molecule has 0 saturated heterocycles. The lowest BCUT2D eigenvalue weighted by molar-refractivity contribution is -0.137. The molecule has 0 spiro atoms. The molecule has 0 aliphatic carbocycles. The third-order valence-corrected chi connectivity index (χ3v) is 2.45. The second kappa shape index (κ2) is 6.21. The van der Waals surface area contributed by atoms with Crippen molar-refractivity contribution in [3.05, 3.63) is 22.8 Å². The Morgan fingerprint density at radius 3 is 2.67 bits per heavy atom. The van der Waals surface area contributed by atoms with Crippen LogP contribution < -0.4 is 11.1 Å². The number of anilines is 1. The van der Waals surface area contributed by atoms with E-state index >= 15 is 0 Å². The molecule has 18 heavy (non-hydrogen) atoms. The first kappa shape index (κ1) is 15.0. The van der Waals surface area contributed by atoms with Crippen LogP contribution in [0.2, 0.25) is 5.02 Å². The first-order chi connectivity index (χ1) is 8.38. The molecule has 0 aromatic carbocycles. The van der Waals surface area contributed by atoms with Crippen molar-refractivity contribution in [2.24, 2.45) is 5.73 Å². The average Bonchev–Trinajstić information content (AvgIpc) is 2.29. The largest absolute Gasteiger partial charge is 0.417 e. The van der Waals surface area contributed by atoms with Crippen LogP contribution in [0.25, 0.3) is 0 Å². The number of aromatic nitrogens is 1. The summed E-state index contributed by atoms with van der Waals surface area (Å²) in [4.78, 5) is 3.64. The molecule has 1 aromatic rings. The van der Waals surface area contributed by atoms with E-state index in [2.05, 4.69) is 10.3 Å². The van der Waals surface area contributed by atoms with Crippen LogP contribution in [0, 0.1) is 0 Å². The number of rotatable bonds is 5. The Balaban J connectivity index is 2.85. The van der Waals surface area contributed by atoms with Crippen molar-refractivity contribution in [2.75, 3.05) is 25.6 Å². The lowest BCUT2D eigenvalue weighted by Gasteiger charge is -2.17. The topological polar surface area (TPSA) is 60.2 Å². The highest BCUT2D eigenvalue weighted by atomic mass is 35.5. The van der Waals surface area contributed by atoms with Gasteiger partial charge in [-0.3, -0.25) is 0 Å². The van der Waals surface area contributed by atoms with Crippen LogP contribution in [-0.2, 0) is 10.9 Å². The number of halogens is 4. The van der Waals surface area contributed by atoms with E-state index in [1.54, 1.807) is 0 Å². The lowest BCUT2D eigenvalue weighted by Crippen LogP contribution is -2.33. The maximum absolute atomic E-state index is 12.4. The van der Waals surface area contributed by atoms with Gasteiger partial charge in [-0.15, -0.1) is 0 Å². The van der Waals surface area contributed by atoms with Crippen molar-refractivity contribution >= 4 is 17.4 Å². The fourth-order valence-corrected chi connectivity index (χ4v) is 1.48. The molecule has 0 radical (unpaired) electrons. The van der Waals surface area contributed by atoms with Crippen LogP contribution in [-0.4, -0.2) is 31.3 Å². The minimum absolute atomic E-state index is 0.112. The summed E-state index contributed by atoms with van der Waals surface area (Å²) < 4.78 is 42.1. The van der Waals surface area contributed by atoms with Crippen molar-refractivity contribution in [1.82, 2.24) is 4.98 Å². The van der Waals surface area contributed by atoms with Crippen molar-refractivity contribution in [2.45, 2.75) is 12.2 Å². The van der Waals surface area contributed by atoms with E-state index in [4.69, 9.17) is 22.1 Å². The zero-order chi connectivity index (χ0) is 13.8. The van der Waals surface area contributed by atoms with Gasteiger partial charge >= 0.3 is 6.18 Å². The maximum atomic E-state index is 12.4. The Hall–Kier alpha value is -1.05. The molecule has 4 nitrogen and oxygen atoms in total. The summed E-state index contributed by atoms with van der Waals surface area (Å²) in [6.45, 7) is 0.544. The van der Waals surface area contributed by atoms with Crippen molar-refractivity contribution in [1.29, 1.82) is 0 Å². The minimum Gasteiger partial charge on any atom is -0.383 e. The molecule has 1 aromatic heterocycles.